The lowest BCUT2D eigenvalue weighted by Gasteiger charge is -2.34. The second kappa shape index (κ2) is 6.05. The van der Waals surface area contributed by atoms with E-state index >= 15 is 0 Å². The third-order valence-corrected chi connectivity index (χ3v) is 2.80. The molecule has 1 unspecified atom stereocenters. The number of carbonyl (C=O) groups is 1. The van der Waals surface area contributed by atoms with Crippen LogP contribution in [0.5, 0.6) is 0 Å². The number of nitrogens with zero attached hydrogens (tertiary/aromatic N) is 2. The Labute approximate surface area is 90.6 Å². The molecular weight excluding hydrogens is 196 g/mol. The highest BCUT2D eigenvalue weighted by atomic mass is 16.5. The van der Waals surface area contributed by atoms with Gasteiger partial charge in [-0.1, -0.05) is 0 Å². The van der Waals surface area contributed by atoms with Crippen molar-refractivity contribution in [1.82, 2.24) is 9.80 Å². The van der Waals surface area contributed by atoms with Gasteiger partial charge in [-0.25, -0.2) is 0 Å². The van der Waals surface area contributed by atoms with Gasteiger partial charge in [0.25, 0.3) is 0 Å². The molecule has 5 heteroatoms. The quantitative estimate of drug-likeness (QED) is 0.665. The first-order chi connectivity index (χ1) is 7.19. The lowest BCUT2D eigenvalue weighted by Crippen LogP contribution is -2.51. The lowest BCUT2D eigenvalue weighted by molar-refractivity contribution is -0.133. The molecule has 15 heavy (non-hydrogen) atoms. The number of aliphatic hydroxyl groups is 1. The Hall–Kier alpha value is -0.650. The monoisotopic (exact) mass is 216 g/mol. The zero-order valence-corrected chi connectivity index (χ0v) is 9.48. The van der Waals surface area contributed by atoms with Crippen molar-refractivity contribution < 1.29 is 14.6 Å². The molecule has 0 saturated carbocycles. The summed E-state index contributed by atoms with van der Waals surface area (Å²) >= 11 is 0. The topological polar surface area (TPSA) is 53.0 Å². The van der Waals surface area contributed by atoms with Gasteiger partial charge in [-0.2, -0.15) is 0 Å². The molecule has 5 nitrogen and oxygen atoms in total. The Balaban J connectivity index is 2.44. The number of likely N-dealkylation sites (N-methyl/N-ethyl adjacent to an activating group) is 1. The first kappa shape index (κ1) is 12.4. The average Bonchev–Trinajstić information content (AvgIpc) is 2.28. The van der Waals surface area contributed by atoms with Crippen LogP contribution in [0, 0.1) is 0 Å². The summed E-state index contributed by atoms with van der Waals surface area (Å²) in [5.74, 6) is 0.0952. The smallest absolute Gasteiger partial charge is 0.236 e. The second-order valence-corrected chi connectivity index (χ2v) is 3.79. The summed E-state index contributed by atoms with van der Waals surface area (Å²) in [4.78, 5) is 15.3. The molecule has 0 aromatic rings. The van der Waals surface area contributed by atoms with E-state index in [1.54, 1.807) is 11.9 Å². The van der Waals surface area contributed by atoms with Crippen molar-refractivity contribution in [3.05, 3.63) is 0 Å². The van der Waals surface area contributed by atoms with Crippen LogP contribution in [0.15, 0.2) is 0 Å². The number of hydrogen-bond acceptors (Lipinski definition) is 4. The van der Waals surface area contributed by atoms with Gasteiger partial charge in [0.2, 0.25) is 5.91 Å². The van der Waals surface area contributed by atoms with E-state index in [-0.39, 0.29) is 18.6 Å². The van der Waals surface area contributed by atoms with Crippen LogP contribution in [0.4, 0.5) is 0 Å². The summed E-state index contributed by atoms with van der Waals surface area (Å²) in [5, 5.41) is 9.12. The minimum absolute atomic E-state index is 0.0343. The molecule has 0 aliphatic carbocycles. The zero-order chi connectivity index (χ0) is 11.3. The highest BCUT2D eigenvalue weighted by molar-refractivity contribution is 5.77. The van der Waals surface area contributed by atoms with Crippen LogP contribution in [-0.2, 0) is 9.53 Å². The first-order valence-corrected chi connectivity index (χ1v) is 5.35. The summed E-state index contributed by atoms with van der Waals surface area (Å²) in [6.45, 7) is 4.95. The van der Waals surface area contributed by atoms with Crippen molar-refractivity contribution in [1.29, 1.82) is 0 Å². The molecule has 1 heterocycles. The van der Waals surface area contributed by atoms with Crippen LogP contribution in [0.3, 0.4) is 0 Å². The van der Waals surface area contributed by atoms with E-state index in [0.717, 1.165) is 0 Å². The van der Waals surface area contributed by atoms with Crippen molar-refractivity contribution in [3.63, 3.8) is 0 Å². The minimum atomic E-state index is -0.0343. The molecule has 1 atom stereocenters. The van der Waals surface area contributed by atoms with Gasteiger partial charge in [0.1, 0.15) is 0 Å². The third kappa shape index (κ3) is 3.44. The fraction of sp³-hybridized carbons (Fsp3) is 0.900. The molecule has 0 radical (unpaired) electrons. The summed E-state index contributed by atoms with van der Waals surface area (Å²) < 4.78 is 5.25. The maximum Gasteiger partial charge on any atom is 0.236 e. The number of amides is 1. The molecule has 0 aromatic heterocycles. The Morgan fingerprint density at radius 2 is 2.40 bits per heavy atom. The number of rotatable bonds is 4. The Morgan fingerprint density at radius 3 is 3.00 bits per heavy atom. The minimum Gasteiger partial charge on any atom is -0.395 e. The van der Waals surface area contributed by atoms with Gasteiger partial charge in [0.05, 0.1) is 32.4 Å². The summed E-state index contributed by atoms with van der Waals surface area (Å²) in [6, 6.07) is -0.0343. The van der Waals surface area contributed by atoms with E-state index < -0.39 is 0 Å². The van der Waals surface area contributed by atoms with Gasteiger partial charge in [0, 0.05) is 20.1 Å². The van der Waals surface area contributed by atoms with Crippen LogP contribution < -0.4 is 0 Å². The van der Waals surface area contributed by atoms with Crippen LogP contribution in [0.2, 0.25) is 0 Å². The Kier molecular flexibility index (Phi) is 5.01. The Bertz CT molecular complexity index is 211. The van der Waals surface area contributed by atoms with Gasteiger partial charge < -0.3 is 14.7 Å². The summed E-state index contributed by atoms with van der Waals surface area (Å²) in [6.07, 6.45) is 0. The highest BCUT2D eigenvalue weighted by Gasteiger charge is 2.24. The fourth-order valence-electron chi connectivity index (χ4n) is 1.54. The van der Waals surface area contributed by atoms with Gasteiger partial charge in [-0.15, -0.1) is 0 Å². The molecule has 1 amide bonds. The van der Waals surface area contributed by atoms with Gasteiger partial charge in [-0.05, 0) is 6.92 Å². The maximum absolute atomic E-state index is 11.7. The third-order valence-electron chi connectivity index (χ3n) is 2.80. The molecule has 1 saturated heterocycles. The average molecular weight is 216 g/mol. The molecule has 0 spiro atoms. The lowest BCUT2D eigenvalue weighted by atomic mass is 10.2. The maximum atomic E-state index is 11.7. The predicted molar refractivity (Wildman–Crippen MR) is 56.6 cm³/mol. The molecule has 1 aliphatic rings. The standard InChI is InChI=1S/C10H20N2O3/c1-3-11(2)10(14)6-12-4-5-15-8-9(12)7-13/h9,13H,3-8H2,1-2H3. The van der Waals surface area contributed by atoms with Crippen molar-refractivity contribution in [3.8, 4) is 0 Å². The second-order valence-electron chi connectivity index (χ2n) is 3.79. The van der Waals surface area contributed by atoms with E-state index in [9.17, 15) is 4.79 Å². The molecule has 1 aliphatic heterocycles. The van der Waals surface area contributed by atoms with Gasteiger partial charge >= 0.3 is 0 Å². The van der Waals surface area contributed by atoms with Crippen LogP contribution >= 0.6 is 0 Å². The van der Waals surface area contributed by atoms with Crippen LogP contribution in [0.1, 0.15) is 6.92 Å². The summed E-state index contributed by atoms with van der Waals surface area (Å²) in [7, 11) is 1.79. The highest BCUT2D eigenvalue weighted by Crippen LogP contribution is 2.06. The van der Waals surface area contributed by atoms with E-state index in [1.165, 1.54) is 0 Å². The van der Waals surface area contributed by atoms with E-state index in [2.05, 4.69) is 0 Å². The summed E-state index contributed by atoms with van der Waals surface area (Å²) in [5.41, 5.74) is 0. The first-order valence-electron chi connectivity index (χ1n) is 5.35. The van der Waals surface area contributed by atoms with Crippen LogP contribution in [-0.4, -0.2) is 73.4 Å². The molecule has 1 fully saturated rings. The van der Waals surface area contributed by atoms with Crippen molar-refractivity contribution in [2.75, 3.05) is 46.5 Å². The largest absolute Gasteiger partial charge is 0.395 e. The van der Waals surface area contributed by atoms with E-state index in [1.807, 2.05) is 11.8 Å². The molecule has 0 bridgehead atoms. The van der Waals surface area contributed by atoms with E-state index in [4.69, 9.17) is 9.84 Å². The van der Waals surface area contributed by atoms with Crippen LogP contribution in [0.25, 0.3) is 0 Å². The van der Waals surface area contributed by atoms with Crippen molar-refractivity contribution in [2.24, 2.45) is 0 Å². The van der Waals surface area contributed by atoms with Crippen molar-refractivity contribution >= 4 is 5.91 Å². The molecular formula is C10H20N2O3. The van der Waals surface area contributed by atoms with Crippen molar-refractivity contribution in [2.45, 2.75) is 13.0 Å². The van der Waals surface area contributed by atoms with E-state index in [0.29, 0.717) is 32.8 Å². The SMILES string of the molecule is CCN(C)C(=O)CN1CCOCC1CO. The number of hydrogen-bond donors (Lipinski definition) is 1. The Morgan fingerprint density at radius 1 is 1.67 bits per heavy atom. The number of ether oxygens (including phenoxy) is 1. The number of morpholine rings is 1. The predicted octanol–water partition coefficient (Wildman–Crippen LogP) is -0.842. The normalized spacial score (nSPS) is 22.7. The van der Waals surface area contributed by atoms with Gasteiger partial charge in [-0.3, -0.25) is 9.69 Å². The molecule has 0 aromatic carbocycles. The zero-order valence-electron chi connectivity index (χ0n) is 9.48. The molecule has 1 N–H and O–H groups in total. The number of aliphatic hydroxyl groups excluding tert-OH is 1. The molecule has 88 valence electrons. The van der Waals surface area contributed by atoms with Gasteiger partial charge in [0.15, 0.2) is 0 Å². The number of carbonyl (C=O) groups excluding carboxylic acids is 1. The fourth-order valence-corrected chi connectivity index (χ4v) is 1.54. The molecule has 1 rings (SSSR count).